The fourth-order valence-corrected chi connectivity index (χ4v) is 13.4. The number of hydrogen-bond acceptors (Lipinski definition) is 15. The highest BCUT2D eigenvalue weighted by molar-refractivity contribution is 7.47. The number of phosphoric acid groups is 2. The van der Waals surface area contributed by atoms with E-state index >= 15 is 0 Å². The zero-order valence-electron chi connectivity index (χ0n) is 63.7. The Kier molecular flexibility index (Phi) is 65.9. The van der Waals surface area contributed by atoms with E-state index in [1.54, 1.807) is 0 Å². The van der Waals surface area contributed by atoms with Crippen LogP contribution < -0.4 is 0 Å². The number of aliphatic hydroxyl groups is 1. The van der Waals surface area contributed by atoms with E-state index in [1.165, 1.54) is 193 Å². The van der Waals surface area contributed by atoms with Gasteiger partial charge >= 0.3 is 39.5 Å². The smallest absolute Gasteiger partial charge is 0.462 e. The minimum absolute atomic E-state index is 0.104. The van der Waals surface area contributed by atoms with E-state index in [0.29, 0.717) is 25.7 Å². The van der Waals surface area contributed by atoms with Crippen LogP contribution in [0.15, 0.2) is 0 Å². The van der Waals surface area contributed by atoms with E-state index in [4.69, 9.17) is 37.0 Å². The summed E-state index contributed by atoms with van der Waals surface area (Å²) >= 11 is 0. The minimum Gasteiger partial charge on any atom is -0.462 e. The highest BCUT2D eigenvalue weighted by Crippen LogP contribution is 2.45. The summed E-state index contributed by atoms with van der Waals surface area (Å²) in [4.78, 5) is 72.9. The average Bonchev–Trinajstić information content (AvgIpc) is 1.60. The molecular weight excluding hydrogens is 1270 g/mol. The van der Waals surface area contributed by atoms with Gasteiger partial charge in [0.15, 0.2) is 12.2 Å². The normalized spacial score (nSPS) is 14.6. The molecule has 0 aliphatic carbocycles. The zero-order valence-corrected chi connectivity index (χ0v) is 65.5. The van der Waals surface area contributed by atoms with Crippen LogP contribution in [-0.4, -0.2) is 96.7 Å². The molecule has 19 heteroatoms. The molecule has 0 rings (SSSR count). The van der Waals surface area contributed by atoms with Crippen LogP contribution in [0.25, 0.3) is 0 Å². The summed E-state index contributed by atoms with van der Waals surface area (Å²) in [5.74, 6) is 0.967. The van der Waals surface area contributed by atoms with Gasteiger partial charge in [0, 0.05) is 25.7 Å². The summed E-state index contributed by atoms with van der Waals surface area (Å²) in [5, 5.41) is 10.6. The van der Waals surface area contributed by atoms with Crippen molar-refractivity contribution in [1.29, 1.82) is 0 Å². The molecular formula is C78H152O17P2. The van der Waals surface area contributed by atoms with Crippen molar-refractivity contribution in [3.63, 3.8) is 0 Å². The first-order valence-corrected chi connectivity index (χ1v) is 43.3. The Morgan fingerprint density at radius 1 is 0.289 bits per heavy atom. The number of carbonyl (C=O) groups excluding carboxylic acids is 4. The molecule has 3 N–H and O–H groups in total. The van der Waals surface area contributed by atoms with Crippen molar-refractivity contribution in [3.8, 4) is 0 Å². The summed E-state index contributed by atoms with van der Waals surface area (Å²) < 4.78 is 68.6. The van der Waals surface area contributed by atoms with Gasteiger partial charge in [0.1, 0.15) is 19.3 Å². The van der Waals surface area contributed by atoms with E-state index in [2.05, 4.69) is 55.4 Å². The van der Waals surface area contributed by atoms with Crippen molar-refractivity contribution in [2.24, 2.45) is 23.7 Å². The molecule has 0 aliphatic rings. The van der Waals surface area contributed by atoms with Crippen LogP contribution >= 0.6 is 15.6 Å². The van der Waals surface area contributed by atoms with Gasteiger partial charge in [0.2, 0.25) is 0 Å². The molecule has 4 unspecified atom stereocenters. The first-order valence-electron chi connectivity index (χ1n) is 40.3. The predicted molar refractivity (Wildman–Crippen MR) is 395 cm³/mol. The van der Waals surface area contributed by atoms with Crippen LogP contribution in [0, 0.1) is 23.7 Å². The maximum atomic E-state index is 13.1. The number of rotatable bonds is 75. The second kappa shape index (κ2) is 67.2. The van der Waals surface area contributed by atoms with Crippen LogP contribution in [0.1, 0.15) is 396 Å². The van der Waals surface area contributed by atoms with Crippen LogP contribution in [0.5, 0.6) is 0 Å². The molecule has 0 saturated heterocycles. The maximum absolute atomic E-state index is 13.1. The summed E-state index contributed by atoms with van der Waals surface area (Å²) in [6, 6.07) is 0. The van der Waals surface area contributed by atoms with Gasteiger partial charge in [0.05, 0.1) is 26.4 Å². The summed E-state index contributed by atoms with van der Waals surface area (Å²) in [6.45, 7) is 14.2. The van der Waals surface area contributed by atoms with Crippen molar-refractivity contribution in [2.45, 2.75) is 414 Å². The molecule has 97 heavy (non-hydrogen) atoms. The fourth-order valence-electron chi connectivity index (χ4n) is 11.8. The van der Waals surface area contributed by atoms with Crippen LogP contribution in [-0.2, 0) is 65.4 Å². The van der Waals surface area contributed by atoms with Gasteiger partial charge < -0.3 is 33.8 Å². The molecule has 17 nitrogen and oxygen atoms in total. The van der Waals surface area contributed by atoms with Crippen LogP contribution in [0.3, 0.4) is 0 Å². The highest BCUT2D eigenvalue weighted by Gasteiger charge is 2.30. The monoisotopic (exact) mass is 1420 g/mol. The largest absolute Gasteiger partial charge is 0.472 e. The fraction of sp³-hybridized carbons (Fsp3) is 0.949. The second-order valence-electron chi connectivity index (χ2n) is 29.5. The number of aliphatic hydroxyl groups excluding tert-OH is 1. The Hall–Kier alpha value is -1.94. The van der Waals surface area contributed by atoms with Crippen LogP contribution in [0.2, 0.25) is 0 Å². The van der Waals surface area contributed by atoms with Crippen molar-refractivity contribution in [1.82, 2.24) is 0 Å². The zero-order chi connectivity index (χ0) is 71.7. The van der Waals surface area contributed by atoms with Crippen LogP contribution in [0.4, 0.5) is 0 Å². The van der Waals surface area contributed by atoms with Gasteiger partial charge in [-0.3, -0.25) is 37.3 Å². The lowest BCUT2D eigenvalue weighted by Gasteiger charge is -2.21. The number of phosphoric ester groups is 2. The van der Waals surface area contributed by atoms with Gasteiger partial charge in [0.25, 0.3) is 0 Å². The second-order valence-corrected chi connectivity index (χ2v) is 32.4. The van der Waals surface area contributed by atoms with Crippen molar-refractivity contribution in [2.75, 3.05) is 39.6 Å². The number of esters is 4. The van der Waals surface area contributed by atoms with E-state index in [0.717, 1.165) is 120 Å². The molecule has 0 spiro atoms. The number of carbonyl (C=O) groups is 4. The average molecular weight is 1420 g/mol. The molecule has 0 amide bonds. The van der Waals surface area contributed by atoms with E-state index < -0.39 is 97.5 Å². The Balaban J connectivity index is 5.20. The predicted octanol–water partition coefficient (Wildman–Crippen LogP) is 22.8. The molecule has 0 aliphatic heterocycles. The number of unbranched alkanes of at least 4 members (excludes halogenated alkanes) is 39. The Morgan fingerprint density at radius 3 is 0.732 bits per heavy atom. The lowest BCUT2D eigenvalue weighted by atomic mass is 9.99. The van der Waals surface area contributed by atoms with Gasteiger partial charge in [-0.1, -0.05) is 344 Å². The van der Waals surface area contributed by atoms with Crippen molar-refractivity contribution in [3.05, 3.63) is 0 Å². The molecule has 0 radical (unpaired) electrons. The first kappa shape index (κ1) is 95.1. The minimum atomic E-state index is -4.96. The van der Waals surface area contributed by atoms with Gasteiger partial charge in [-0.25, -0.2) is 9.13 Å². The quantitative estimate of drug-likeness (QED) is 0.0222. The van der Waals surface area contributed by atoms with Gasteiger partial charge in [-0.15, -0.1) is 0 Å². The summed E-state index contributed by atoms with van der Waals surface area (Å²) in [5.41, 5.74) is 0. The number of ether oxygens (including phenoxy) is 4. The SMILES string of the molecule is CCC(C)CCCCCCCCCCC(=O)O[C@H](COC(=O)CCCCCCCCC(C)CC)COP(=O)(O)OC[C@H](O)COP(=O)(O)OC[C@@H](COC(=O)CCCCCCCCCCCCCCCCCCCCC(C)C)OC(=O)CCCCCCCCCCCCCC(C)C. The molecule has 0 fully saturated rings. The third-order valence-corrected chi connectivity index (χ3v) is 20.7. The Labute approximate surface area is 594 Å². The van der Waals surface area contributed by atoms with Gasteiger partial charge in [-0.2, -0.15) is 0 Å². The van der Waals surface area contributed by atoms with E-state index in [-0.39, 0.29) is 25.7 Å². The van der Waals surface area contributed by atoms with Gasteiger partial charge in [-0.05, 0) is 49.4 Å². The lowest BCUT2D eigenvalue weighted by Crippen LogP contribution is -2.30. The first-order chi connectivity index (χ1) is 46.7. The molecule has 0 saturated carbocycles. The molecule has 576 valence electrons. The van der Waals surface area contributed by atoms with E-state index in [9.17, 15) is 43.2 Å². The molecule has 0 aromatic rings. The molecule has 0 heterocycles. The van der Waals surface area contributed by atoms with E-state index in [1.807, 2.05) is 0 Å². The number of hydrogen-bond donors (Lipinski definition) is 3. The third kappa shape index (κ3) is 69.5. The Morgan fingerprint density at radius 2 is 0.495 bits per heavy atom. The lowest BCUT2D eigenvalue weighted by molar-refractivity contribution is -0.161. The summed E-state index contributed by atoms with van der Waals surface area (Å²) in [6.07, 6.45) is 52.8. The van der Waals surface area contributed by atoms with Crippen molar-refractivity contribution >= 4 is 39.5 Å². The molecule has 0 bridgehead atoms. The molecule has 0 aromatic heterocycles. The molecule has 0 aromatic carbocycles. The topological polar surface area (TPSA) is 237 Å². The third-order valence-electron chi connectivity index (χ3n) is 18.8. The van der Waals surface area contributed by atoms with Crippen molar-refractivity contribution < 1.29 is 80.2 Å². The summed E-state index contributed by atoms with van der Waals surface area (Å²) in [7, 11) is -9.92. The Bertz CT molecular complexity index is 1910. The highest BCUT2D eigenvalue weighted by atomic mass is 31.2. The standard InChI is InChI=1S/C78H152O17P2/c1-9-70(7)56-48-40-32-28-29-35-45-53-61-78(83)95-74(65-89-76(81)59-51-43-37-36-41-49-57-71(8)10-2)67-93-97(86,87)91-63-72(79)62-90-96(84,85)92-66-73(94-77(82)60-52-44-34-27-23-19-21-25-31-39-47-55-69(5)6)64-88-75(80)58-50-42-33-26-22-18-16-14-12-11-13-15-17-20-24-30-38-46-54-68(3)4/h68-74,79H,9-67H2,1-8H3,(H,84,85)(H,86,87)/t70?,71?,72-,73-,74-/m1/s1. The maximum Gasteiger partial charge on any atom is 0.472 e. The molecule has 7 atom stereocenters.